The largest absolute Gasteiger partial charge is 0.477 e. The smallest absolute Gasteiger partial charge is 0.353 e. The number of β-lactam (4-membered cyclic amide) rings is 1. The molecule has 4 aliphatic rings. The summed E-state index contributed by atoms with van der Waals surface area (Å²) in [6, 6.07) is -1.90. The summed E-state index contributed by atoms with van der Waals surface area (Å²) in [6.07, 6.45) is -2.04. The van der Waals surface area contributed by atoms with Crippen LogP contribution in [-0.2, 0) is 24.0 Å². The predicted molar refractivity (Wildman–Crippen MR) is 132 cm³/mol. The molecule has 0 spiro atoms. The third kappa shape index (κ3) is 5.36. The van der Waals surface area contributed by atoms with Crippen molar-refractivity contribution in [2.75, 3.05) is 26.2 Å². The SMILES string of the molecule is C[C@@H](NC(=O)C(F)F)[C@H]1C(=O)N2C(C(=O)O)=C(S[C@@H]3CN[C@H](C(=O)N4CC[C@H](NCC(N)=O)C4)C3)[C@H](C)[C@H]12. The molecular weight excluding hydrogens is 526 g/mol. The molecular formula is C23H32F2N6O6S. The molecule has 3 fully saturated rings. The van der Waals surface area contributed by atoms with Crippen LogP contribution in [0.25, 0.3) is 0 Å². The number of hydrogen-bond acceptors (Lipinski definition) is 8. The van der Waals surface area contributed by atoms with Gasteiger partial charge in [-0.2, -0.15) is 8.78 Å². The highest BCUT2D eigenvalue weighted by molar-refractivity contribution is 8.03. The molecule has 210 valence electrons. The second kappa shape index (κ2) is 11.1. The number of carbonyl (C=O) groups is 5. The Bertz CT molecular complexity index is 1060. The van der Waals surface area contributed by atoms with Crippen LogP contribution in [0.4, 0.5) is 8.78 Å². The molecule has 0 aromatic carbocycles. The summed E-state index contributed by atoms with van der Waals surface area (Å²) in [5, 5.41) is 18.2. The number of rotatable bonds is 10. The molecule has 0 aliphatic carbocycles. The van der Waals surface area contributed by atoms with Crippen molar-refractivity contribution >= 4 is 41.4 Å². The van der Waals surface area contributed by atoms with Gasteiger partial charge in [0.25, 0.3) is 5.91 Å². The van der Waals surface area contributed by atoms with E-state index in [1.807, 2.05) is 0 Å². The number of carboxylic acids is 1. The number of carbonyl (C=O) groups excluding carboxylic acids is 4. The number of carboxylic acid groups (broad SMARTS) is 1. The summed E-state index contributed by atoms with van der Waals surface area (Å²) in [4.78, 5) is 63.9. The van der Waals surface area contributed by atoms with Crippen LogP contribution >= 0.6 is 11.8 Å². The number of hydrogen-bond donors (Lipinski definition) is 5. The van der Waals surface area contributed by atoms with Gasteiger partial charge in [-0.1, -0.05) is 6.92 Å². The topological polar surface area (TPSA) is 174 Å². The minimum Gasteiger partial charge on any atom is -0.477 e. The van der Waals surface area contributed by atoms with Gasteiger partial charge < -0.3 is 36.6 Å². The molecule has 6 N–H and O–H groups in total. The van der Waals surface area contributed by atoms with Gasteiger partial charge in [0.15, 0.2) is 0 Å². The third-order valence-corrected chi connectivity index (χ3v) is 9.16. The van der Waals surface area contributed by atoms with E-state index < -0.39 is 54.2 Å². The van der Waals surface area contributed by atoms with Crippen LogP contribution in [0.1, 0.15) is 26.7 Å². The van der Waals surface area contributed by atoms with Gasteiger partial charge in [0.1, 0.15) is 5.70 Å². The fraction of sp³-hybridized carbons (Fsp3) is 0.696. The van der Waals surface area contributed by atoms with Gasteiger partial charge in [-0.15, -0.1) is 11.8 Å². The molecule has 0 bridgehead atoms. The number of aliphatic carboxylic acids is 1. The van der Waals surface area contributed by atoms with E-state index in [1.165, 1.54) is 23.6 Å². The van der Waals surface area contributed by atoms with E-state index in [-0.39, 0.29) is 35.4 Å². The molecule has 0 unspecified atom stereocenters. The number of alkyl halides is 2. The first-order valence-electron chi connectivity index (χ1n) is 12.5. The van der Waals surface area contributed by atoms with E-state index in [0.29, 0.717) is 37.4 Å². The van der Waals surface area contributed by atoms with Crippen molar-refractivity contribution in [1.29, 1.82) is 0 Å². The molecule has 4 aliphatic heterocycles. The van der Waals surface area contributed by atoms with Crippen molar-refractivity contribution in [3.05, 3.63) is 10.6 Å². The number of nitrogens with one attached hydrogen (secondary N) is 3. The van der Waals surface area contributed by atoms with E-state index in [4.69, 9.17) is 5.73 Å². The normalized spacial score (nSPS) is 31.4. The number of halogens is 2. The van der Waals surface area contributed by atoms with E-state index >= 15 is 0 Å². The third-order valence-electron chi connectivity index (χ3n) is 7.65. The van der Waals surface area contributed by atoms with Crippen molar-refractivity contribution < 1.29 is 37.9 Å². The number of primary amides is 1. The zero-order chi connectivity index (χ0) is 27.9. The lowest BCUT2D eigenvalue weighted by molar-refractivity contribution is -0.159. The minimum absolute atomic E-state index is 0.0106. The van der Waals surface area contributed by atoms with Crippen LogP contribution < -0.4 is 21.7 Å². The molecule has 38 heavy (non-hydrogen) atoms. The lowest BCUT2D eigenvalue weighted by atomic mass is 9.78. The molecule has 0 saturated carbocycles. The average Bonchev–Trinajstić information content (AvgIpc) is 3.56. The Labute approximate surface area is 222 Å². The fourth-order valence-corrected chi connectivity index (χ4v) is 7.31. The summed E-state index contributed by atoms with van der Waals surface area (Å²) in [7, 11) is 0. The Morgan fingerprint density at radius 3 is 2.63 bits per heavy atom. The number of nitrogens with zero attached hydrogens (tertiary/aromatic N) is 2. The van der Waals surface area contributed by atoms with Gasteiger partial charge in [-0.3, -0.25) is 19.2 Å². The lowest BCUT2D eigenvalue weighted by Crippen LogP contribution is -2.66. The number of fused-ring (bicyclic) bond motifs is 1. The van der Waals surface area contributed by atoms with Gasteiger partial charge in [-0.25, -0.2) is 4.79 Å². The quantitative estimate of drug-likeness (QED) is 0.204. The number of likely N-dealkylation sites (tertiary alicyclic amines) is 1. The Hall–Kier alpha value is -2.78. The molecule has 0 radical (unpaired) electrons. The van der Waals surface area contributed by atoms with Crippen molar-refractivity contribution in [3.8, 4) is 0 Å². The summed E-state index contributed by atoms with van der Waals surface area (Å²) in [6.45, 7) is 4.77. The molecule has 7 atom stereocenters. The fourth-order valence-electron chi connectivity index (χ4n) is 5.83. The maximum atomic E-state index is 13.0. The molecule has 12 nitrogen and oxygen atoms in total. The van der Waals surface area contributed by atoms with E-state index in [9.17, 15) is 37.9 Å². The maximum Gasteiger partial charge on any atom is 0.353 e. The Kier molecular flexibility index (Phi) is 8.28. The van der Waals surface area contributed by atoms with Crippen LogP contribution in [0.15, 0.2) is 10.6 Å². The van der Waals surface area contributed by atoms with Gasteiger partial charge in [0.05, 0.1) is 24.5 Å². The highest BCUT2D eigenvalue weighted by Crippen LogP contribution is 2.51. The van der Waals surface area contributed by atoms with E-state index in [1.54, 1.807) is 11.8 Å². The summed E-state index contributed by atoms with van der Waals surface area (Å²) in [5.41, 5.74) is 5.04. The first-order chi connectivity index (χ1) is 17.9. The summed E-state index contributed by atoms with van der Waals surface area (Å²) >= 11 is 1.32. The second-order valence-corrected chi connectivity index (χ2v) is 11.5. The standard InChI is InChI=1S/C23H32F2N6O6S/c1-9-16-15(10(2)29-20(33)19(24)25)22(35)31(16)17(23(36)37)18(9)38-12-5-13(28-6-12)21(34)30-4-3-11(8-30)27-7-14(26)32/h9-13,15-16,19,27-28H,3-8H2,1-2H3,(H2,26,32)(H,29,33)(H,36,37)/t9-,10-,11+,12+,13+,15-,16-/m1/s1. The Morgan fingerprint density at radius 2 is 2.00 bits per heavy atom. The second-order valence-electron chi connectivity index (χ2n) is 10.2. The molecule has 4 amide bonds. The highest BCUT2D eigenvalue weighted by atomic mass is 32.2. The van der Waals surface area contributed by atoms with Crippen LogP contribution in [-0.4, -0.2) is 107 Å². The average molecular weight is 559 g/mol. The Balaban J connectivity index is 1.38. The first kappa shape index (κ1) is 28.2. The Morgan fingerprint density at radius 1 is 1.29 bits per heavy atom. The zero-order valence-electron chi connectivity index (χ0n) is 21.0. The summed E-state index contributed by atoms with van der Waals surface area (Å²) < 4.78 is 25.4. The van der Waals surface area contributed by atoms with Gasteiger partial charge in [0, 0.05) is 47.8 Å². The van der Waals surface area contributed by atoms with Gasteiger partial charge in [0.2, 0.25) is 17.7 Å². The van der Waals surface area contributed by atoms with Crippen LogP contribution in [0.3, 0.4) is 0 Å². The molecule has 0 aromatic heterocycles. The van der Waals surface area contributed by atoms with Crippen LogP contribution in [0, 0.1) is 11.8 Å². The molecule has 4 rings (SSSR count). The number of amides is 4. The predicted octanol–water partition coefficient (Wildman–Crippen LogP) is -1.33. The van der Waals surface area contributed by atoms with Crippen molar-refractivity contribution in [3.63, 3.8) is 0 Å². The van der Waals surface area contributed by atoms with Crippen molar-refractivity contribution in [2.24, 2.45) is 17.6 Å². The molecule has 0 aromatic rings. The molecule has 4 heterocycles. The molecule has 3 saturated heterocycles. The zero-order valence-corrected chi connectivity index (χ0v) is 21.8. The lowest BCUT2D eigenvalue weighted by Gasteiger charge is -2.47. The first-order valence-corrected chi connectivity index (χ1v) is 13.4. The van der Waals surface area contributed by atoms with Crippen molar-refractivity contribution in [1.82, 2.24) is 25.8 Å². The molecule has 15 heteroatoms. The maximum absolute atomic E-state index is 13.0. The number of thioether (sulfide) groups is 1. The van der Waals surface area contributed by atoms with Gasteiger partial charge >= 0.3 is 12.4 Å². The van der Waals surface area contributed by atoms with Crippen LogP contribution in [0.2, 0.25) is 0 Å². The minimum atomic E-state index is -3.22. The number of nitrogens with two attached hydrogens (primary N) is 1. The van der Waals surface area contributed by atoms with E-state index in [0.717, 1.165) is 0 Å². The van der Waals surface area contributed by atoms with Gasteiger partial charge in [-0.05, 0) is 19.8 Å². The van der Waals surface area contributed by atoms with E-state index in [2.05, 4.69) is 16.0 Å². The van der Waals surface area contributed by atoms with Crippen LogP contribution in [0.5, 0.6) is 0 Å². The summed E-state index contributed by atoms with van der Waals surface area (Å²) in [5.74, 6) is -4.99. The highest BCUT2D eigenvalue weighted by Gasteiger charge is 2.60. The monoisotopic (exact) mass is 558 g/mol. The van der Waals surface area contributed by atoms with Crippen molar-refractivity contribution in [2.45, 2.75) is 62.5 Å².